The molecule has 23 heavy (non-hydrogen) atoms. The van der Waals surface area contributed by atoms with Gasteiger partial charge in [0.2, 0.25) is 6.79 Å². The van der Waals surface area contributed by atoms with E-state index in [1.165, 1.54) is 23.5 Å². The molecule has 114 valence electrons. The lowest BCUT2D eigenvalue weighted by Crippen LogP contribution is -1.92. The first-order valence-corrected chi connectivity index (χ1v) is 7.63. The summed E-state index contributed by atoms with van der Waals surface area (Å²) >= 11 is 1.49. The lowest BCUT2D eigenvalue weighted by Gasteiger charge is -1.96. The van der Waals surface area contributed by atoms with Crippen molar-refractivity contribution in [2.75, 3.05) is 6.79 Å². The van der Waals surface area contributed by atoms with Crippen LogP contribution in [0.1, 0.15) is 10.6 Å². The predicted molar refractivity (Wildman–Crippen MR) is 87.8 cm³/mol. The maximum atomic E-state index is 10.8. The summed E-state index contributed by atoms with van der Waals surface area (Å²) in [6.07, 6.45) is 3.81. The van der Waals surface area contributed by atoms with Crippen LogP contribution in [0.25, 0.3) is 22.4 Å². The van der Waals surface area contributed by atoms with Crippen LogP contribution in [0.3, 0.4) is 0 Å². The first-order chi connectivity index (χ1) is 11.2. The fourth-order valence-electron chi connectivity index (χ4n) is 2.30. The Hall–Kier alpha value is -2.93. The van der Waals surface area contributed by atoms with E-state index < -0.39 is 4.92 Å². The molecule has 0 saturated heterocycles. The number of nitrogens with zero attached hydrogens (tertiary/aromatic N) is 2. The summed E-state index contributed by atoms with van der Waals surface area (Å²) in [6.45, 7) is 0.249. The predicted octanol–water partition coefficient (Wildman–Crippen LogP) is 4.10. The van der Waals surface area contributed by atoms with Gasteiger partial charge in [-0.3, -0.25) is 10.1 Å². The highest BCUT2D eigenvalue weighted by molar-refractivity contribution is 7.19. The smallest absolute Gasteiger partial charge is 0.271 e. The molecule has 0 N–H and O–H groups in total. The molecule has 3 aromatic rings. The molecule has 7 heteroatoms. The molecule has 0 aliphatic carbocycles. The topological polar surface area (TPSA) is 74.5 Å². The third-order valence-corrected chi connectivity index (χ3v) is 4.42. The first-order valence-electron chi connectivity index (χ1n) is 6.82. The van der Waals surface area contributed by atoms with Crippen LogP contribution in [0.2, 0.25) is 0 Å². The SMILES string of the molecule is O=[N+]([O-])c1ccc2sc(C=Cc3ccc4c(c3)OCO4)nc2c1. The molecule has 0 unspecified atom stereocenters. The number of benzene rings is 2. The number of non-ortho nitro benzene ring substituents is 1. The molecule has 0 bridgehead atoms. The average molecular weight is 326 g/mol. The fraction of sp³-hybridized carbons (Fsp3) is 0.0625. The van der Waals surface area contributed by atoms with Gasteiger partial charge in [-0.2, -0.15) is 0 Å². The van der Waals surface area contributed by atoms with Crippen LogP contribution in [0, 0.1) is 10.1 Å². The molecule has 2 heterocycles. The normalized spacial score (nSPS) is 13.0. The zero-order valence-corrected chi connectivity index (χ0v) is 12.6. The molecule has 1 aliphatic heterocycles. The molecule has 1 aliphatic rings. The Morgan fingerprint density at radius 3 is 2.87 bits per heavy atom. The third-order valence-electron chi connectivity index (χ3n) is 3.41. The van der Waals surface area contributed by atoms with Crippen LogP contribution in [-0.2, 0) is 0 Å². The van der Waals surface area contributed by atoms with Gasteiger partial charge in [-0.05, 0) is 29.8 Å². The first kappa shape index (κ1) is 13.7. The van der Waals surface area contributed by atoms with E-state index in [1.54, 1.807) is 6.07 Å². The molecule has 0 fully saturated rings. The van der Waals surface area contributed by atoms with Crippen LogP contribution in [0.5, 0.6) is 11.5 Å². The van der Waals surface area contributed by atoms with Crippen molar-refractivity contribution in [3.05, 3.63) is 57.1 Å². The minimum Gasteiger partial charge on any atom is -0.454 e. The summed E-state index contributed by atoms with van der Waals surface area (Å²) in [5.74, 6) is 1.47. The summed E-state index contributed by atoms with van der Waals surface area (Å²) < 4.78 is 11.5. The van der Waals surface area contributed by atoms with E-state index in [4.69, 9.17) is 9.47 Å². The Morgan fingerprint density at radius 1 is 1.13 bits per heavy atom. The van der Waals surface area contributed by atoms with Crippen LogP contribution >= 0.6 is 11.3 Å². The van der Waals surface area contributed by atoms with Gasteiger partial charge in [0.15, 0.2) is 11.5 Å². The molecule has 0 amide bonds. The highest BCUT2D eigenvalue weighted by Crippen LogP contribution is 2.33. The van der Waals surface area contributed by atoms with Crippen molar-refractivity contribution in [3.63, 3.8) is 0 Å². The average Bonchev–Trinajstić information content (AvgIpc) is 3.17. The van der Waals surface area contributed by atoms with Gasteiger partial charge in [0, 0.05) is 12.1 Å². The Balaban J connectivity index is 1.63. The van der Waals surface area contributed by atoms with Gasteiger partial charge in [-0.15, -0.1) is 11.3 Å². The van der Waals surface area contributed by atoms with Gasteiger partial charge >= 0.3 is 0 Å². The van der Waals surface area contributed by atoms with Crippen molar-refractivity contribution in [2.45, 2.75) is 0 Å². The lowest BCUT2D eigenvalue weighted by molar-refractivity contribution is -0.384. The zero-order chi connectivity index (χ0) is 15.8. The van der Waals surface area contributed by atoms with Crippen molar-refractivity contribution in [2.24, 2.45) is 0 Å². The molecule has 0 atom stereocenters. The van der Waals surface area contributed by atoms with E-state index in [0.29, 0.717) is 5.52 Å². The van der Waals surface area contributed by atoms with Gasteiger partial charge in [-0.25, -0.2) is 4.98 Å². The van der Waals surface area contributed by atoms with Crippen LogP contribution in [0.15, 0.2) is 36.4 Å². The molecular formula is C16H10N2O4S. The second kappa shape index (κ2) is 5.36. The maximum Gasteiger partial charge on any atom is 0.271 e. The number of nitro benzene ring substituents is 1. The standard InChI is InChI=1S/C16H10N2O4S/c19-18(20)11-3-5-15-12(8-11)17-16(23-15)6-2-10-1-4-13-14(7-10)22-9-21-13/h1-8H,9H2. The Bertz CT molecular complexity index is 948. The highest BCUT2D eigenvalue weighted by Gasteiger charge is 2.12. The van der Waals surface area contributed by atoms with E-state index >= 15 is 0 Å². The van der Waals surface area contributed by atoms with Crippen LogP contribution in [0.4, 0.5) is 5.69 Å². The summed E-state index contributed by atoms with van der Waals surface area (Å²) in [5, 5.41) is 11.6. The second-order valence-electron chi connectivity index (χ2n) is 4.91. The summed E-state index contributed by atoms with van der Waals surface area (Å²) in [7, 11) is 0. The van der Waals surface area contributed by atoms with Crippen LogP contribution < -0.4 is 9.47 Å². The van der Waals surface area contributed by atoms with E-state index in [9.17, 15) is 10.1 Å². The van der Waals surface area contributed by atoms with Crippen LogP contribution in [-0.4, -0.2) is 16.7 Å². The monoisotopic (exact) mass is 326 g/mol. The number of ether oxygens (including phenoxy) is 2. The lowest BCUT2D eigenvalue weighted by atomic mass is 10.2. The summed E-state index contributed by atoms with van der Waals surface area (Å²) in [6, 6.07) is 10.4. The third kappa shape index (κ3) is 2.62. The molecule has 0 spiro atoms. The van der Waals surface area contributed by atoms with Crippen molar-refractivity contribution < 1.29 is 14.4 Å². The number of nitro groups is 1. The quantitative estimate of drug-likeness (QED) is 0.535. The molecule has 1 aromatic heterocycles. The Kier molecular flexibility index (Phi) is 3.20. The molecule has 4 rings (SSSR count). The fourth-order valence-corrected chi connectivity index (χ4v) is 3.15. The van der Waals surface area contributed by atoms with Gasteiger partial charge < -0.3 is 9.47 Å². The number of hydrogen-bond donors (Lipinski definition) is 0. The highest BCUT2D eigenvalue weighted by atomic mass is 32.1. The van der Waals surface area contributed by atoms with Gasteiger partial charge in [0.05, 0.1) is 15.1 Å². The number of aromatic nitrogens is 1. The minimum absolute atomic E-state index is 0.0501. The number of rotatable bonds is 3. The van der Waals surface area contributed by atoms with Crippen molar-refractivity contribution in [3.8, 4) is 11.5 Å². The van der Waals surface area contributed by atoms with E-state index in [2.05, 4.69) is 4.98 Å². The summed E-state index contributed by atoms with van der Waals surface area (Å²) in [5.41, 5.74) is 1.66. The minimum atomic E-state index is -0.416. The van der Waals surface area contributed by atoms with Gasteiger partial charge in [0.25, 0.3) is 5.69 Å². The molecular weight excluding hydrogens is 316 g/mol. The second-order valence-corrected chi connectivity index (χ2v) is 5.97. The van der Waals surface area contributed by atoms with E-state index in [-0.39, 0.29) is 12.5 Å². The van der Waals surface area contributed by atoms with Crippen molar-refractivity contribution in [1.29, 1.82) is 0 Å². The number of hydrogen-bond acceptors (Lipinski definition) is 6. The molecule has 0 saturated carbocycles. The maximum absolute atomic E-state index is 10.8. The van der Waals surface area contributed by atoms with E-state index in [0.717, 1.165) is 26.8 Å². The molecule has 6 nitrogen and oxygen atoms in total. The molecule has 2 aromatic carbocycles. The summed E-state index contributed by atoms with van der Waals surface area (Å²) in [4.78, 5) is 14.8. The van der Waals surface area contributed by atoms with Gasteiger partial charge in [-0.1, -0.05) is 12.1 Å². The Morgan fingerprint density at radius 2 is 2.00 bits per heavy atom. The largest absolute Gasteiger partial charge is 0.454 e. The van der Waals surface area contributed by atoms with Crippen molar-refractivity contribution >= 4 is 39.4 Å². The number of thiazole rings is 1. The van der Waals surface area contributed by atoms with E-state index in [1.807, 2.05) is 30.4 Å². The Labute approximate surface area is 134 Å². The van der Waals surface area contributed by atoms with Gasteiger partial charge in [0.1, 0.15) is 5.01 Å². The molecule has 0 radical (unpaired) electrons. The van der Waals surface area contributed by atoms with Crippen molar-refractivity contribution in [1.82, 2.24) is 4.98 Å². The number of fused-ring (bicyclic) bond motifs is 2. The zero-order valence-electron chi connectivity index (χ0n) is 11.8.